The van der Waals surface area contributed by atoms with Crippen LogP contribution < -0.4 is 16.0 Å². The van der Waals surface area contributed by atoms with Crippen molar-refractivity contribution in [1.82, 2.24) is 20.9 Å². The van der Waals surface area contributed by atoms with E-state index in [9.17, 15) is 9.59 Å². The number of hydrogen-bond acceptors (Lipinski definition) is 4. The van der Waals surface area contributed by atoms with Gasteiger partial charge in [-0.2, -0.15) is 0 Å². The zero-order valence-electron chi connectivity index (χ0n) is 16.7. The lowest BCUT2D eigenvalue weighted by Crippen LogP contribution is -2.50. The van der Waals surface area contributed by atoms with Gasteiger partial charge in [0, 0.05) is 43.3 Å². The fraction of sp³-hybridized carbons (Fsp3) is 0.600. The van der Waals surface area contributed by atoms with Gasteiger partial charge in [0.2, 0.25) is 5.91 Å². The maximum Gasteiger partial charge on any atom is 0.251 e. The fourth-order valence-corrected chi connectivity index (χ4v) is 3.21. The van der Waals surface area contributed by atoms with Crippen LogP contribution in [0.1, 0.15) is 37.0 Å². The van der Waals surface area contributed by atoms with Crippen LogP contribution in [0.4, 0.5) is 0 Å². The van der Waals surface area contributed by atoms with Crippen LogP contribution in [0.2, 0.25) is 5.02 Å². The standard InChI is InChI=1S/C20H31ClN4O2.ClH/c1-3-15(2)18(24-19(26)16-5-7-17(21)8-6-16)20(27)23-9-4-12-25-13-10-22-11-14-25;/h5-8,15,18,22H,3-4,9-14H2,1-2H3,(H,23,27)(H,24,26);1H. The van der Waals surface area contributed by atoms with E-state index in [1.165, 1.54) is 0 Å². The van der Waals surface area contributed by atoms with Crippen LogP contribution in [0.25, 0.3) is 0 Å². The summed E-state index contributed by atoms with van der Waals surface area (Å²) in [4.78, 5) is 27.5. The molecule has 1 heterocycles. The van der Waals surface area contributed by atoms with Crippen molar-refractivity contribution in [2.75, 3.05) is 39.3 Å². The molecule has 1 saturated heterocycles. The third-order valence-corrected chi connectivity index (χ3v) is 5.30. The Hall–Kier alpha value is -1.34. The van der Waals surface area contributed by atoms with Gasteiger partial charge in [0.15, 0.2) is 0 Å². The van der Waals surface area contributed by atoms with Gasteiger partial charge >= 0.3 is 0 Å². The number of halogens is 2. The molecular formula is C20H32Cl2N4O2. The first-order valence-electron chi connectivity index (χ1n) is 9.78. The van der Waals surface area contributed by atoms with Crippen molar-refractivity contribution >= 4 is 35.8 Å². The first-order valence-corrected chi connectivity index (χ1v) is 10.2. The monoisotopic (exact) mass is 430 g/mol. The lowest BCUT2D eigenvalue weighted by atomic mass is 9.97. The van der Waals surface area contributed by atoms with E-state index in [4.69, 9.17) is 11.6 Å². The number of carbonyl (C=O) groups excluding carboxylic acids is 2. The number of rotatable bonds is 9. The molecule has 0 aliphatic carbocycles. The summed E-state index contributed by atoms with van der Waals surface area (Å²) >= 11 is 5.87. The summed E-state index contributed by atoms with van der Waals surface area (Å²) in [6, 6.07) is 6.13. The van der Waals surface area contributed by atoms with Crippen molar-refractivity contribution in [2.24, 2.45) is 5.92 Å². The summed E-state index contributed by atoms with van der Waals surface area (Å²) in [5.74, 6) is -0.325. The van der Waals surface area contributed by atoms with Crippen LogP contribution in [0.15, 0.2) is 24.3 Å². The van der Waals surface area contributed by atoms with E-state index >= 15 is 0 Å². The Morgan fingerprint density at radius 2 is 1.86 bits per heavy atom. The van der Waals surface area contributed by atoms with Gasteiger partial charge in [-0.05, 0) is 43.1 Å². The molecule has 2 atom stereocenters. The molecule has 0 spiro atoms. The predicted octanol–water partition coefficient (Wildman–Crippen LogP) is 2.32. The zero-order valence-corrected chi connectivity index (χ0v) is 18.2. The summed E-state index contributed by atoms with van der Waals surface area (Å²) < 4.78 is 0. The highest BCUT2D eigenvalue weighted by molar-refractivity contribution is 6.30. The van der Waals surface area contributed by atoms with Gasteiger partial charge in [0.25, 0.3) is 5.91 Å². The molecule has 1 aliphatic rings. The van der Waals surface area contributed by atoms with Crippen LogP contribution in [0.3, 0.4) is 0 Å². The Labute approximate surface area is 179 Å². The zero-order chi connectivity index (χ0) is 19.6. The third kappa shape index (κ3) is 7.95. The summed E-state index contributed by atoms with van der Waals surface area (Å²) in [5, 5.41) is 9.78. The van der Waals surface area contributed by atoms with Gasteiger partial charge in [0.05, 0.1) is 0 Å². The maximum absolute atomic E-state index is 12.6. The molecule has 28 heavy (non-hydrogen) atoms. The molecule has 0 aromatic heterocycles. The highest BCUT2D eigenvalue weighted by Gasteiger charge is 2.26. The van der Waals surface area contributed by atoms with Crippen LogP contribution in [0.5, 0.6) is 0 Å². The summed E-state index contributed by atoms with van der Waals surface area (Å²) in [5.41, 5.74) is 0.499. The first kappa shape index (κ1) is 24.7. The van der Waals surface area contributed by atoms with Crippen LogP contribution >= 0.6 is 24.0 Å². The van der Waals surface area contributed by atoms with Crippen molar-refractivity contribution in [2.45, 2.75) is 32.7 Å². The molecule has 2 unspecified atom stereocenters. The van der Waals surface area contributed by atoms with Crippen LogP contribution in [-0.4, -0.2) is 62.0 Å². The molecule has 6 nitrogen and oxygen atoms in total. The fourth-order valence-electron chi connectivity index (χ4n) is 3.09. The van der Waals surface area contributed by atoms with Gasteiger partial charge in [-0.3, -0.25) is 9.59 Å². The summed E-state index contributed by atoms with van der Waals surface area (Å²) in [6.07, 6.45) is 1.71. The van der Waals surface area contributed by atoms with Gasteiger partial charge < -0.3 is 20.9 Å². The second-order valence-corrected chi connectivity index (χ2v) is 7.52. The predicted molar refractivity (Wildman–Crippen MR) is 116 cm³/mol. The molecule has 0 bridgehead atoms. The van der Waals surface area contributed by atoms with Crippen LogP contribution in [-0.2, 0) is 4.79 Å². The first-order chi connectivity index (χ1) is 13.0. The second kappa shape index (κ2) is 13.0. The Kier molecular flexibility index (Phi) is 11.5. The van der Waals surface area contributed by atoms with E-state index in [1.54, 1.807) is 24.3 Å². The number of amides is 2. The van der Waals surface area contributed by atoms with E-state index < -0.39 is 6.04 Å². The SMILES string of the molecule is CCC(C)C(NC(=O)c1ccc(Cl)cc1)C(=O)NCCCN1CCNCC1.Cl. The third-order valence-electron chi connectivity index (χ3n) is 5.05. The molecule has 0 saturated carbocycles. The quantitative estimate of drug-likeness (QED) is 0.525. The number of benzene rings is 1. The normalized spacial score (nSPS) is 16.5. The Bertz CT molecular complexity index is 607. The largest absolute Gasteiger partial charge is 0.354 e. The van der Waals surface area contributed by atoms with E-state index in [0.717, 1.165) is 45.6 Å². The lowest BCUT2D eigenvalue weighted by Gasteiger charge is -2.27. The number of nitrogens with zero attached hydrogens (tertiary/aromatic N) is 1. The topological polar surface area (TPSA) is 73.5 Å². The van der Waals surface area contributed by atoms with Gasteiger partial charge in [0.1, 0.15) is 6.04 Å². The number of hydrogen-bond donors (Lipinski definition) is 3. The second-order valence-electron chi connectivity index (χ2n) is 7.08. The van der Waals surface area contributed by atoms with E-state index in [0.29, 0.717) is 17.1 Å². The number of nitrogens with one attached hydrogen (secondary N) is 3. The highest BCUT2D eigenvalue weighted by Crippen LogP contribution is 2.12. The molecule has 158 valence electrons. The molecule has 1 fully saturated rings. The van der Waals surface area contributed by atoms with Crippen molar-refractivity contribution in [3.8, 4) is 0 Å². The average molecular weight is 431 g/mol. The Morgan fingerprint density at radius 1 is 1.21 bits per heavy atom. The molecule has 3 N–H and O–H groups in total. The molecule has 1 aromatic rings. The van der Waals surface area contributed by atoms with Crippen molar-refractivity contribution < 1.29 is 9.59 Å². The van der Waals surface area contributed by atoms with E-state index in [-0.39, 0.29) is 30.1 Å². The van der Waals surface area contributed by atoms with E-state index in [1.807, 2.05) is 13.8 Å². The number of piperazine rings is 1. The molecule has 1 aliphatic heterocycles. The molecule has 8 heteroatoms. The lowest BCUT2D eigenvalue weighted by molar-refractivity contribution is -0.124. The van der Waals surface area contributed by atoms with Crippen molar-refractivity contribution in [3.05, 3.63) is 34.9 Å². The van der Waals surface area contributed by atoms with Crippen molar-refractivity contribution in [3.63, 3.8) is 0 Å². The molecule has 0 radical (unpaired) electrons. The minimum absolute atomic E-state index is 0. The average Bonchev–Trinajstić information content (AvgIpc) is 2.69. The minimum Gasteiger partial charge on any atom is -0.354 e. The Morgan fingerprint density at radius 3 is 2.46 bits per heavy atom. The van der Waals surface area contributed by atoms with Gasteiger partial charge in [-0.1, -0.05) is 31.9 Å². The summed E-state index contributed by atoms with van der Waals surface area (Å²) in [6.45, 7) is 9.76. The molecule has 2 amide bonds. The van der Waals surface area contributed by atoms with Crippen molar-refractivity contribution in [1.29, 1.82) is 0 Å². The van der Waals surface area contributed by atoms with Gasteiger partial charge in [-0.25, -0.2) is 0 Å². The molecule has 2 rings (SSSR count). The maximum atomic E-state index is 12.6. The molecular weight excluding hydrogens is 399 g/mol. The van der Waals surface area contributed by atoms with Crippen LogP contribution in [0, 0.1) is 5.92 Å². The minimum atomic E-state index is -0.544. The molecule has 1 aromatic carbocycles. The highest BCUT2D eigenvalue weighted by atomic mass is 35.5. The van der Waals surface area contributed by atoms with E-state index in [2.05, 4.69) is 20.9 Å². The Balaban J connectivity index is 0.00000392. The van der Waals surface area contributed by atoms with Gasteiger partial charge in [-0.15, -0.1) is 12.4 Å². The smallest absolute Gasteiger partial charge is 0.251 e. The summed E-state index contributed by atoms with van der Waals surface area (Å²) in [7, 11) is 0. The number of carbonyl (C=O) groups is 2.